The van der Waals surface area contributed by atoms with Gasteiger partial charge in [-0.1, -0.05) is 58.9 Å². The minimum Gasteiger partial charge on any atom is -0.494 e. The van der Waals surface area contributed by atoms with Crippen LogP contribution in [0.3, 0.4) is 0 Å². The van der Waals surface area contributed by atoms with Gasteiger partial charge in [0, 0.05) is 15.4 Å². The summed E-state index contributed by atoms with van der Waals surface area (Å²) in [5.41, 5.74) is 3.78. The molecule has 146 valence electrons. The van der Waals surface area contributed by atoms with E-state index in [4.69, 9.17) is 9.47 Å². The number of aromatic nitrogens is 3. The monoisotopic (exact) mass is 403 g/mol. The van der Waals surface area contributed by atoms with Crippen molar-refractivity contribution in [2.75, 3.05) is 14.2 Å². The summed E-state index contributed by atoms with van der Waals surface area (Å²) in [5, 5.41) is 8.76. The summed E-state index contributed by atoms with van der Waals surface area (Å²) in [6, 6.07) is 22.3. The highest BCUT2D eigenvalue weighted by Gasteiger charge is 2.16. The van der Waals surface area contributed by atoms with Crippen molar-refractivity contribution in [1.82, 2.24) is 15.0 Å². The molecule has 6 heteroatoms. The number of benzene rings is 3. The molecule has 4 rings (SSSR count). The van der Waals surface area contributed by atoms with Gasteiger partial charge >= 0.3 is 0 Å². The van der Waals surface area contributed by atoms with Crippen molar-refractivity contribution in [1.29, 1.82) is 0 Å². The molecule has 0 atom stereocenters. The molecule has 0 aliphatic carbocycles. The van der Waals surface area contributed by atoms with Gasteiger partial charge in [0.15, 0.2) is 5.69 Å². The zero-order valence-electron chi connectivity index (χ0n) is 16.5. The third-order valence-electron chi connectivity index (χ3n) is 4.54. The van der Waals surface area contributed by atoms with Gasteiger partial charge in [-0.15, -0.1) is 5.10 Å². The van der Waals surface area contributed by atoms with Crippen molar-refractivity contribution in [2.45, 2.75) is 16.7 Å². The molecule has 0 saturated carbocycles. The van der Waals surface area contributed by atoms with Gasteiger partial charge in [0.05, 0.1) is 20.4 Å². The Balaban J connectivity index is 1.72. The summed E-state index contributed by atoms with van der Waals surface area (Å²) < 4.78 is 12.7. The summed E-state index contributed by atoms with van der Waals surface area (Å²) in [7, 11) is 3.26. The number of nitrogens with zero attached hydrogens (tertiary/aromatic N) is 3. The van der Waals surface area contributed by atoms with Crippen molar-refractivity contribution in [3.63, 3.8) is 0 Å². The van der Waals surface area contributed by atoms with E-state index in [1.165, 1.54) is 10.5 Å². The smallest absolute Gasteiger partial charge is 0.150 e. The second-order valence-electron chi connectivity index (χ2n) is 6.47. The first-order chi connectivity index (χ1) is 14.2. The number of para-hydroxylation sites is 1. The number of aryl methyl sites for hydroxylation is 1. The fraction of sp³-hybridized carbons (Fsp3) is 0.130. The normalized spacial score (nSPS) is 10.7. The molecule has 0 saturated heterocycles. The molecular weight excluding hydrogens is 382 g/mol. The van der Waals surface area contributed by atoms with Gasteiger partial charge in [0.25, 0.3) is 0 Å². The first kappa shape index (κ1) is 19.1. The number of ether oxygens (including phenoxy) is 2. The third-order valence-corrected chi connectivity index (χ3v) is 5.62. The first-order valence-corrected chi connectivity index (χ1v) is 9.99. The first-order valence-electron chi connectivity index (χ1n) is 9.17. The van der Waals surface area contributed by atoms with Crippen molar-refractivity contribution < 1.29 is 9.47 Å². The van der Waals surface area contributed by atoms with Crippen LogP contribution in [0.1, 0.15) is 5.56 Å². The summed E-state index contributed by atoms with van der Waals surface area (Å²) in [4.78, 5) is 2.30. The van der Waals surface area contributed by atoms with E-state index in [0.717, 1.165) is 21.8 Å². The Kier molecular flexibility index (Phi) is 5.53. The highest BCUT2D eigenvalue weighted by atomic mass is 32.2. The SMILES string of the molecule is COc1cccc(OC)c1-n1cc(-c2ccccc2Sc2ccc(C)cc2)nn1. The predicted octanol–water partition coefficient (Wildman–Crippen LogP) is 5.41. The molecule has 3 aromatic carbocycles. The summed E-state index contributed by atoms with van der Waals surface area (Å²) >= 11 is 1.71. The number of hydrogen-bond donors (Lipinski definition) is 0. The summed E-state index contributed by atoms with van der Waals surface area (Å²) in [5.74, 6) is 1.34. The highest BCUT2D eigenvalue weighted by molar-refractivity contribution is 7.99. The molecule has 1 aromatic heterocycles. The lowest BCUT2D eigenvalue weighted by molar-refractivity contribution is 0.388. The highest BCUT2D eigenvalue weighted by Crippen LogP contribution is 2.37. The molecule has 0 amide bonds. The van der Waals surface area contributed by atoms with Gasteiger partial charge in [-0.05, 0) is 37.3 Å². The molecule has 0 aliphatic heterocycles. The summed E-state index contributed by atoms with van der Waals surface area (Å²) in [6.07, 6.45) is 1.90. The van der Waals surface area contributed by atoms with Gasteiger partial charge < -0.3 is 9.47 Å². The van der Waals surface area contributed by atoms with Crippen LogP contribution in [0.15, 0.2) is 82.7 Å². The molecule has 0 fully saturated rings. The van der Waals surface area contributed by atoms with Crippen molar-refractivity contribution in [3.05, 3.63) is 78.5 Å². The van der Waals surface area contributed by atoms with Crippen LogP contribution in [-0.2, 0) is 0 Å². The number of methoxy groups -OCH3 is 2. The molecule has 0 bridgehead atoms. The molecule has 29 heavy (non-hydrogen) atoms. The van der Waals surface area contributed by atoms with Crippen LogP contribution in [-0.4, -0.2) is 29.2 Å². The molecule has 0 spiro atoms. The Hall–Kier alpha value is -3.25. The molecule has 5 nitrogen and oxygen atoms in total. The van der Waals surface area contributed by atoms with E-state index in [1.807, 2.05) is 36.5 Å². The van der Waals surface area contributed by atoms with Crippen molar-refractivity contribution >= 4 is 11.8 Å². The zero-order chi connectivity index (χ0) is 20.2. The Morgan fingerprint density at radius 2 is 1.52 bits per heavy atom. The van der Waals surface area contributed by atoms with E-state index in [0.29, 0.717) is 11.5 Å². The van der Waals surface area contributed by atoms with Crippen LogP contribution < -0.4 is 9.47 Å². The lowest BCUT2D eigenvalue weighted by Crippen LogP contribution is -2.01. The van der Waals surface area contributed by atoms with Crippen LogP contribution in [0.2, 0.25) is 0 Å². The largest absolute Gasteiger partial charge is 0.494 e. The molecule has 0 radical (unpaired) electrons. The zero-order valence-corrected chi connectivity index (χ0v) is 17.3. The average molecular weight is 404 g/mol. The van der Waals surface area contributed by atoms with Crippen LogP contribution in [0, 0.1) is 6.92 Å². The predicted molar refractivity (Wildman–Crippen MR) is 115 cm³/mol. The molecule has 0 unspecified atom stereocenters. The Morgan fingerprint density at radius 3 is 2.21 bits per heavy atom. The second-order valence-corrected chi connectivity index (χ2v) is 7.59. The van der Waals surface area contributed by atoms with Crippen LogP contribution in [0.5, 0.6) is 11.5 Å². The molecule has 0 N–H and O–H groups in total. The Labute approximate surface area is 174 Å². The molecule has 1 heterocycles. The van der Waals surface area contributed by atoms with Gasteiger partial charge in [0.1, 0.15) is 17.2 Å². The van der Waals surface area contributed by atoms with E-state index in [9.17, 15) is 0 Å². The minimum atomic E-state index is 0.670. The van der Waals surface area contributed by atoms with E-state index in [1.54, 1.807) is 30.7 Å². The maximum absolute atomic E-state index is 5.50. The fourth-order valence-electron chi connectivity index (χ4n) is 3.05. The van der Waals surface area contributed by atoms with Crippen molar-refractivity contribution in [3.8, 4) is 28.4 Å². The summed E-state index contributed by atoms with van der Waals surface area (Å²) in [6.45, 7) is 2.09. The van der Waals surface area contributed by atoms with E-state index < -0.39 is 0 Å². The van der Waals surface area contributed by atoms with Gasteiger partial charge in [0.2, 0.25) is 0 Å². The van der Waals surface area contributed by atoms with E-state index >= 15 is 0 Å². The van der Waals surface area contributed by atoms with Crippen molar-refractivity contribution in [2.24, 2.45) is 0 Å². The Bertz CT molecular complexity index is 1100. The molecule has 0 aliphatic rings. The average Bonchev–Trinajstić information content (AvgIpc) is 3.24. The Morgan fingerprint density at radius 1 is 0.828 bits per heavy atom. The maximum atomic E-state index is 5.50. The van der Waals surface area contributed by atoms with E-state index in [-0.39, 0.29) is 0 Å². The van der Waals surface area contributed by atoms with Gasteiger partial charge in [-0.3, -0.25) is 0 Å². The lowest BCUT2D eigenvalue weighted by atomic mass is 10.2. The fourth-order valence-corrected chi connectivity index (χ4v) is 4.01. The van der Waals surface area contributed by atoms with Gasteiger partial charge in [-0.25, -0.2) is 4.68 Å². The lowest BCUT2D eigenvalue weighted by Gasteiger charge is -2.12. The third kappa shape index (κ3) is 3.98. The van der Waals surface area contributed by atoms with Crippen LogP contribution in [0.4, 0.5) is 0 Å². The molecule has 4 aromatic rings. The van der Waals surface area contributed by atoms with Crippen LogP contribution >= 0.6 is 11.8 Å². The standard InChI is InChI=1S/C23H21N3O2S/c1-16-11-13-17(14-12-16)29-22-10-5-4-7-18(22)19-15-26(25-24-19)23-20(27-2)8-6-9-21(23)28-3/h4-15H,1-3H3. The quantitative estimate of drug-likeness (QED) is 0.431. The molecular formula is C23H21N3O2S. The number of rotatable bonds is 6. The van der Waals surface area contributed by atoms with Gasteiger partial charge in [-0.2, -0.15) is 0 Å². The van der Waals surface area contributed by atoms with E-state index in [2.05, 4.69) is 53.6 Å². The number of hydrogen-bond acceptors (Lipinski definition) is 5. The second kappa shape index (κ2) is 8.41. The minimum absolute atomic E-state index is 0.670. The topological polar surface area (TPSA) is 49.2 Å². The maximum Gasteiger partial charge on any atom is 0.150 e. The van der Waals surface area contributed by atoms with Crippen LogP contribution in [0.25, 0.3) is 16.9 Å².